The van der Waals surface area contributed by atoms with Crippen molar-refractivity contribution in [2.75, 3.05) is 5.73 Å². The molecule has 0 aromatic carbocycles. The number of fused-ring (bicyclic) bond motifs is 1. The Bertz CT molecular complexity index is 470. The fourth-order valence-corrected chi connectivity index (χ4v) is 1.64. The first kappa shape index (κ1) is 8.99. The molecule has 4 heteroatoms. The maximum atomic E-state index is 5.60. The van der Waals surface area contributed by atoms with Crippen molar-refractivity contribution in [2.24, 2.45) is 7.05 Å². The highest BCUT2D eigenvalue weighted by Gasteiger charge is 2.10. The third kappa shape index (κ3) is 1.23. The van der Waals surface area contributed by atoms with Crippen LogP contribution in [0.4, 0.5) is 5.82 Å². The molecule has 4 nitrogen and oxygen atoms in total. The molecule has 0 saturated heterocycles. The number of anilines is 1. The predicted octanol–water partition coefficient (Wildman–Crippen LogP) is 1.67. The molecule has 0 aliphatic carbocycles. The van der Waals surface area contributed by atoms with Crippen LogP contribution in [0.25, 0.3) is 11.0 Å². The van der Waals surface area contributed by atoms with E-state index in [1.807, 2.05) is 7.05 Å². The molecule has 0 bridgehead atoms. The monoisotopic (exact) mass is 190 g/mol. The molecular weight excluding hydrogens is 176 g/mol. The normalized spacial score (nSPS) is 11.4. The molecule has 14 heavy (non-hydrogen) atoms. The van der Waals surface area contributed by atoms with Gasteiger partial charge in [0.15, 0.2) is 0 Å². The second kappa shape index (κ2) is 2.97. The maximum Gasteiger partial charge on any atom is 0.125 e. The van der Waals surface area contributed by atoms with E-state index in [1.54, 1.807) is 12.3 Å². The Hall–Kier alpha value is -1.58. The van der Waals surface area contributed by atoms with Gasteiger partial charge in [-0.2, -0.15) is 0 Å². The summed E-state index contributed by atoms with van der Waals surface area (Å²) in [5.74, 6) is 1.99. The van der Waals surface area contributed by atoms with Gasteiger partial charge in [0.1, 0.15) is 11.6 Å². The number of nitrogens with zero attached hydrogens (tertiary/aromatic N) is 3. The van der Waals surface area contributed by atoms with Crippen molar-refractivity contribution in [2.45, 2.75) is 19.8 Å². The number of hydrogen-bond acceptors (Lipinski definition) is 3. The van der Waals surface area contributed by atoms with E-state index in [1.165, 1.54) is 0 Å². The first-order valence-corrected chi connectivity index (χ1v) is 4.67. The Kier molecular flexibility index (Phi) is 1.91. The second-order valence-corrected chi connectivity index (χ2v) is 3.78. The number of nitrogen functional groups attached to an aromatic ring is 1. The molecule has 2 N–H and O–H groups in total. The first-order valence-electron chi connectivity index (χ1n) is 4.67. The average Bonchev–Trinajstić information content (AvgIpc) is 2.43. The van der Waals surface area contributed by atoms with Crippen molar-refractivity contribution in [1.29, 1.82) is 0 Å². The van der Waals surface area contributed by atoms with Crippen LogP contribution in [-0.4, -0.2) is 14.5 Å². The smallest absolute Gasteiger partial charge is 0.125 e. The number of aryl methyl sites for hydroxylation is 1. The molecule has 2 aromatic heterocycles. The van der Waals surface area contributed by atoms with E-state index >= 15 is 0 Å². The molecule has 2 heterocycles. The summed E-state index contributed by atoms with van der Waals surface area (Å²) in [6.07, 6.45) is 1.77. The minimum absolute atomic E-state index is 0.411. The van der Waals surface area contributed by atoms with E-state index in [0.29, 0.717) is 11.7 Å². The van der Waals surface area contributed by atoms with E-state index in [9.17, 15) is 0 Å². The van der Waals surface area contributed by atoms with Gasteiger partial charge in [-0.1, -0.05) is 13.8 Å². The molecule has 0 atom stereocenters. The largest absolute Gasteiger partial charge is 0.384 e. The zero-order valence-electron chi connectivity index (χ0n) is 8.65. The molecule has 0 amide bonds. The van der Waals surface area contributed by atoms with E-state index in [4.69, 9.17) is 5.73 Å². The van der Waals surface area contributed by atoms with E-state index in [-0.39, 0.29) is 0 Å². The lowest BCUT2D eigenvalue weighted by molar-refractivity contribution is 0.722. The number of imidazole rings is 1. The second-order valence-electron chi connectivity index (χ2n) is 3.78. The van der Waals surface area contributed by atoms with Crippen LogP contribution < -0.4 is 5.73 Å². The van der Waals surface area contributed by atoms with Crippen LogP contribution >= 0.6 is 0 Å². The Morgan fingerprint density at radius 3 is 2.79 bits per heavy atom. The average molecular weight is 190 g/mol. The van der Waals surface area contributed by atoms with Crippen molar-refractivity contribution < 1.29 is 0 Å². The quantitative estimate of drug-likeness (QED) is 0.744. The van der Waals surface area contributed by atoms with Gasteiger partial charge in [0, 0.05) is 19.0 Å². The minimum Gasteiger partial charge on any atom is -0.384 e. The third-order valence-electron chi connectivity index (χ3n) is 2.34. The van der Waals surface area contributed by atoms with Gasteiger partial charge in [0.05, 0.1) is 17.2 Å². The van der Waals surface area contributed by atoms with Crippen molar-refractivity contribution in [3.05, 3.63) is 18.1 Å². The zero-order valence-corrected chi connectivity index (χ0v) is 8.65. The summed E-state index contributed by atoms with van der Waals surface area (Å²) in [7, 11) is 2.00. The van der Waals surface area contributed by atoms with Crippen molar-refractivity contribution >= 4 is 16.9 Å². The van der Waals surface area contributed by atoms with Crippen LogP contribution in [0.5, 0.6) is 0 Å². The number of hydrogen-bond donors (Lipinski definition) is 1. The van der Waals surface area contributed by atoms with Crippen molar-refractivity contribution in [3.8, 4) is 0 Å². The summed E-state index contributed by atoms with van der Waals surface area (Å²) in [6.45, 7) is 4.25. The fraction of sp³-hybridized carbons (Fsp3) is 0.400. The topological polar surface area (TPSA) is 56.7 Å². The Morgan fingerprint density at radius 1 is 1.43 bits per heavy atom. The van der Waals surface area contributed by atoms with Gasteiger partial charge in [-0.15, -0.1) is 0 Å². The van der Waals surface area contributed by atoms with Gasteiger partial charge in [-0.05, 0) is 0 Å². The zero-order chi connectivity index (χ0) is 10.3. The van der Waals surface area contributed by atoms with Crippen LogP contribution in [0.3, 0.4) is 0 Å². The molecule has 0 aliphatic rings. The summed E-state index contributed by atoms with van der Waals surface area (Å²) >= 11 is 0. The molecule has 0 fully saturated rings. The fourth-order valence-electron chi connectivity index (χ4n) is 1.64. The maximum absolute atomic E-state index is 5.60. The predicted molar refractivity (Wildman–Crippen MR) is 57.0 cm³/mol. The lowest BCUT2D eigenvalue weighted by Crippen LogP contribution is -1.99. The van der Waals surface area contributed by atoms with Crippen LogP contribution in [0.15, 0.2) is 12.3 Å². The highest BCUT2D eigenvalue weighted by molar-refractivity contribution is 5.77. The Labute approximate surface area is 82.8 Å². The lowest BCUT2D eigenvalue weighted by atomic mass is 10.2. The molecule has 2 aromatic rings. The van der Waals surface area contributed by atoms with Crippen LogP contribution in [-0.2, 0) is 7.05 Å². The standard InChI is InChI=1S/C10H14N4/c1-6(2)10-13-7-4-9(11)12-5-8(7)14(10)3/h4-6H,1-3H3,(H2,11,12). The number of pyridine rings is 1. The van der Waals surface area contributed by atoms with Gasteiger partial charge in [0.25, 0.3) is 0 Å². The highest BCUT2D eigenvalue weighted by Crippen LogP contribution is 2.20. The number of nitrogens with two attached hydrogens (primary N) is 1. The summed E-state index contributed by atoms with van der Waals surface area (Å²) in [5.41, 5.74) is 7.55. The number of aromatic nitrogens is 3. The van der Waals surface area contributed by atoms with Crippen molar-refractivity contribution in [3.63, 3.8) is 0 Å². The van der Waals surface area contributed by atoms with Gasteiger partial charge in [0.2, 0.25) is 0 Å². The van der Waals surface area contributed by atoms with Gasteiger partial charge < -0.3 is 10.3 Å². The summed E-state index contributed by atoms with van der Waals surface area (Å²) in [4.78, 5) is 8.57. The van der Waals surface area contributed by atoms with E-state index < -0.39 is 0 Å². The van der Waals surface area contributed by atoms with E-state index in [2.05, 4.69) is 28.4 Å². The molecule has 2 rings (SSSR count). The number of rotatable bonds is 1. The summed E-state index contributed by atoms with van der Waals surface area (Å²) < 4.78 is 2.06. The van der Waals surface area contributed by atoms with Gasteiger partial charge in [-0.3, -0.25) is 0 Å². The van der Waals surface area contributed by atoms with E-state index in [0.717, 1.165) is 16.9 Å². The molecule has 0 radical (unpaired) electrons. The third-order valence-corrected chi connectivity index (χ3v) is 2.34. The lowest BCUT2D eigenvalue weighted by Gasteiger charge is -2.03. The van der Waals surface area contributed by atoms with Gasteiger partial charge in [-0.25, -0.2) is 9.97 Å². The van der Waals surface area contributed by atoms with Crippen molar-refractivity contribution in [1.82, 2.24) is 14.5 Å². The first-order chi connectivity index (χ1) is 6.59. The minimum atomic E-state index is 0.411. The van der Waals surface area contributed by atoms with Gasteiger partial charge >= 0.3 is 0 Å². The molecule has 0 aliphatic heterocycles. The SMILES string of the molecule is CC(C)c1nc2cc(N)ncc2n1C. The molecule has 0 unspecified atom stereocenters. The molecule has 0 saturated carbocycles. The molecule has 74 valence electrons. The van der Waals surface area contributed by atoms with Crippen LogP contribution in [0.2, 0.25) is 0 Å². The van der Waals surface area contributed by atoms with Crippen LogP contribution in [0.1, 0.15) is 25.6 Å². The molecule has 0 spiro atoms. The summed E-state index contributed by atoms with van der Waals surface area (Å²) in [5, 5.41) is 0. The Morgan fingerprint density at radius 2 is 2.14 bits per heavy atom. The summed E-state index contributed by atoms with van der Waals surface area (Å²) in [6, 6.07) is 1.81. The molecular formula is C10H14N4. The Balaban J connectivity index is 2.73. The van der Waals surface area contributed by atoms with Crippen LogP contribution in [0, 0.1) is 0 Å². The highest BCUT2D eigenvalue weighted by atomic mass is 15.1.